The summed E-state index contributed by atoms with van der Waals surface area (Å²) in [7, 11) is 0. The lowest BCUT2D eigenvalue weighted by Gasteiger charge is -2.13. The molecular formula is C15H16N4O5. The van der Waals surface area contributed by atoms with Gasteiger partial charge in [0, 0.05) is 6.07 Å². The lowest BCUT2D eigenvalue weighted by molar-refractivity contribution is -0.117. The zero-order valence-corrected chi connectivity index (χ0v) is 12.9. The smallest absolute Gasteiger partial charge is 0.321 e. The van der Waals surface area contributed by atoms with E-state index in [1.807, 2.05) is 5.32 Å². The summed E-state index contributed by atoms with van der Waals surface area (Å²) >= 11 is 0. The van der Waals surface area contributed by atoms with Crippen LogP contribution in [-0.4, -0.2) is 41.1 Å². The maximum atomic E-state index is 11.8. The van der Waals surface area contributed by atoms with Crippen LogP contribution in [-0.2, 0) is 9.59 Å². The van der Waals surface area contributed by atoms with E-state index in [2.05, 4.69) is 10.3 Å². The van der Waals surface area contributed by atoms with E-state index in [4.69, 9.17) is 4.42 Å². The summed E-state index contributed by atoms with van der Waals surface area (Å²) in [5.41, 5.74) is 1.03. The summed E-state index contributed by atoms with van der Waals surface area (Å²) < 4.78 is 5.63. The van der Waals surface area contributed by atoms with E-state index < -0.39 is 18.2 Å². The van der Waals surface area contributed by atoms with Gasteiger partial charge in [0.15, 0.2) is 5.58 Å². The Morgan fingerprint density at radius 1 is 1.54 bits per heavy atom. The van der Waals surface area contributed by atoms with Crippen molar-refractivity contribution >= 4 is 35.3 Å². The van der Waals surface area contributed by atoms with Crippen LogP contribution in [0.25, 0.3) is 11.1 Å². The van der Waals surface area contributed by atoms with Gasteiger partial charge < -0.3 is 14.8 Å². The number of amides is 4. The number of β-amino-alcohol motifs (C(OH)–C–C–N with tert-alkyl or cyclic N) is 1. The average Bonchev–Trinajstić information content (AvgIpc) is 3.09. The van der Waals surface area contributed by atoms with Crippen molar-refractivity contribution in [3.8, 4) is 0 Å². The molecule has 2 aromatic heterocycles. The van der Waals surface area contributed by atoms with E-state index in [1.165, 1.54) is 4.90 Å². The molecule has 1 fully saturated rings. The molecule has 9 nitrogen and oxygen atoms in total. The lowest BCUT2D eigenvalue weighted by Crippen LogP contribution is -2.35. The molecule has 1 aliphatic heterocycles. The normalized spacial score (nSPS) is 18.7. The number of furan rings is 1. The topological polar surface area (TPSA) is 125 Å². The molecule has 4 amide bonds. The van der Waals surface area contributed by atoms with E-state index in [0.717, 1.165) is 0 Å². The number of aromatic nitrogens is 1. The molecular weight excluding hydrogens is 316 g/mol. The number of fused-ring (bicyclic) bond motifs is 1. The molecule has 24 heavy (non-hydrogen) atoms. The molecule has 0 aliphatic carbocycles. The van der Waals surface area contributed by atoms with Crippen LogP contribution in [0.15, 0.2) is 22.6 Å². The Bertz CT molecular complexity index is 802. The number of hydrogen-bond acceptors (Lipinski definition) is 6. The van der Waals surface area contributed by atoms with E-state index >= 15 is 0 Å². The van der Waals surface area contributed by atoms with Crippen molar-refractivity contribution in [2.75, 3.05) is 11.4 Å². The van der Waals surface area contributed by atoms with Gasteiger partial charge in [-0.3, -0.25) is 19.8 Å². The van der Waals surface area contributed by atoms with Crippen LogP contribution in [0.3, 0.4) is 0 Å². The van der Waals surface area contributed by atoms with Crippen molar-refractivity contribution in [1.29, 1.82) is 0 Å². The maximum Gasteiger partial charge on any atom is 0.321 e. The van der Waals surface area contributed by atoms with Crippen molar-refractivity contribution in [3.05, 3.63) is 24.0 Å². The predicted octanol–water partition coefficient (Wildman–Crippen LogP) is 0.442. The molecule has 2 atom stereocenters. The summed E-state index contributed by atoms with van der Waals surface area (Å²) in [5, 5.41) is 14.1. The Hall–Kier alpha value is -2.94. The van der Waals surface area contributed by atoms with Gasteiger partial charge in [-0.15, -0.1) is 0 Å². The third-order valence-electron chi connectivity index (χ3n) is 3.72. The summed E-state index contributed by atoms with van der Waals surface area (Å²) in [6.45, 7) is 1.91. The molecule has 1 aliphatic rings. The van der Waals surface area contributed by atoms with Crippen LogP contribution in [0.1, 0.15) is 25.1 Å². The molecule has 0 aromatic carbocycles. The fourth-order valence-electron chi connectivity index (χ4n) is 2.57. The number of aliphatic hydroxyl groups is 1. The third kappa shape index (κ3) is 3.06. The quantitative estimate of drug-likeness (QED) is 0.698. The highest BCUT2D eigenvalue weighted by atomic mass is 16.3. The second-order valence-electron chi connectivity index (χ2n) is 5.52. The van der Waals surface area contributed by atoms with E-state index in [9.17, 15) is 19.5 Å². The fraction of sp³-hybridized carbons (Fsp3) is 0.333. The van der Waals surface area contributed by atoms with Crippen LogP contribution in [0, 0.1) is 0 Å². The first-order valence-corrected chi connectivity index (χ1v) is 7.37. The van der Waals surface area contributed by atoms with Crippen LogP contribution in [0.2, 0.25) is 0 Å². The Labute approximate surface area is 136 Å². The van der Waals surface area contributed by atoms with Crippen LogP contribution in [0.4, 0.5) is 10.6 Å². The zero-order valence-electron chi connectivity index (χ0n) is 12.9. The van der Waals surface area contributed by atoms with Gasteiger partial charge in [0.1, 0.15) is 17.1 Å². The minimum Gasteiger partial charge on any atom is -0.457 e. The van der Waals surface area contributed by atoms with Crippen LogP contribution in [0.5, 0.6) is 0 Å². The standard InChI is InChI=1S/C15H16N4O5/c1-8(17-15(23)16-7-20)12-5-10-11(24-12)2-3-13(18-10)19-6-9(21)4-14(19)22/h2-3,5,7-9,21H,4,6H2,1H3,(H2,16,17,20,23). The highest BCUT2D eigenvalue weighted by molar-refractivity contribution is 5.96. The number of carbonyl (C=O) groups is 3. The Morgan fingerprint density at radius 3 is 3.00 bits per heavy atom. The maximum absolute atomic E-state index is 11.8. The summed E-state index contributed by atoms with van der Waals surface area (Å²) in [5.74, 6) is 0.720. The van der Waals surface area contributed by atoms with Gasteiger partial charge in [0.25, 0.3) is 0 Å². The number of urea groups is 1. The van der Waals surface area contributed by atoms with Crippen LogP contribution < -0.4 is 15.5 Å². The number of hydrogen-bond donors (Lipinski definition) is 3. The number of imide groups is 1. The van der Waals surface area contributed by atoms with Gasteiger partial charge in [-0.05, 0) is 19.1 Å². The molecule has 0 saturated carbocycles. The van der Waals surface area contributed by atoms with Gasteiger partial charge in [-0.1, -0.05) is 0 Å². The Kier molecular flexibility index (Phi) is 4.17. The summed E-state index contributed by atoms with van der Waals surface area (Å²) in [6.07, 6.45) is -0.311. The van der Waals surface area contributed by atoms with Crippen molar-refractivity contribution in [3.63, 3.8) is 0 Å². The monoisotopic (exact) mass is 332 g/mol. The minimum atomic E-state index is -0.685. The number of pyridine rings is 1. The van der Waals surface area contributed by atoms with E-state index in [-0.39, 0.29) is 25.3 Å². The number of carbonyl (C=O) groups excluding carboxylic acids is 3. The first-order chi connectivity index (χ1) is 11.5. The molecule has 3 rings (SSSR count). The molecule has 2 unspecified atom stereocenters. The molecule has 126 valence electrons. The average molecular weight is 332 g/mol. The van der Waals surface area contributed by atoms with Crippen molar-refractivity contribution < 1.29 is 23.9 Å². The molecule has 0 spiro atoms. The predicted molar refractivity (Wildman–Crippen MR) is 83.1 cm³/mol. The third-order valence-corrected chi connectivity index (χ3v) is 3.72. The second-order valence-corrected chi connectivity index (χ2v) is 5.52. The van der Waals surface area contributed by atoms with Crippen molar-refractivity contribution in [2.45, 2.75) is 25.5 Å². The summed E-state index contributed by atoms with van der Waals surface area (Å²) in [6, 6.07) is 3.86. The first-order valence-electron chi connectivity index (χ1n) is 7.37. The molecule has 3 N–H and O–H groups in total. The van der Waals surface area contributed by atoms with E-state index in [1.54, 1.807) is 25.1 Å². The molecule has 9 heteroatoms. The minimum absolute atomic E-state index is 0.0865. The molecule has 0 radical (unpaired) electrons. The van der Waals surface area contributed by atoms with E-state index in [0.29, 0.717) is 22.7 Å². The van der Waals surface area contributed by atoms with Crippen LogP contribution >= 0.6 is 0 Å². The molecule has 2 aromatic rings. The lowest BCUT2D eigenvalue weighted by atomic mass is 10.2. The van der Waals surface area contributed by atoms with Gasteiger partial charge in [0.05, 0.1) is 25.1 Å². The zero-order chi connectivity index (χ0) is 17.3. The fourth-order valence-corrected chi connectivity index (χ4v) is 2.57. The largest absolute Gasteiger partial charge is 0.457 e. The number of rotatable bonds is 4. The highest BCUT2D eigenvalue weighted by Gasteiger charge is 2.30. The molecule has 0 bridgehead atoms. The number of nitrogens with one attached hydrogen (secondary N) is 2. The van der Waals surface area contributed by atoms with Gasteiger partial charge >= 0.3 is 6.03 Å². The summed E-state index contributed by atoms with van der Waals surface area (Å²) in [4.78, 5) is 39.2. The number of nitrogens with zero attached hydrogens (tertiary/aromatic N) is 2. The second kappa shape index (κ2) is 6.28. The number of anilines is 1. The molecule has 3 heterocycles. The first kappa shape index (κ1) is 15.9. The molecule has 1 saturated heterocycles. The Morgan fingerprint density at radius 2 is 2.33 bits per heavy atom. The van der Waals surface area contributed by atoms with Crippen molar-refractivity contribution in [1.82, 2.24) is 15.6 Å². The van der Waals surface area contributed by atoms with Gasteiger partial charge in [-0.25, -0.2) is 9.78 Å². The van der Waals surface area contributed by atoms with Gasteiger partial charge in [-0.2, -0.15) is 0 Å². The Balaban J connectivity index is 1.82. The highest BCUT2D eigenvalue weighted by Crippen LogP contribution is 2.27. The number of aliphatic hydroxyl groups excluding tert-OH is 1. The SMILES string of the molecule is CC(NC(=O)NC=O)c1cc2nc(N3CC(O)CC3=O)ccc2o1. The van der Waals surface area contributed by atoms with Gasteiger partial charge in [0.2, 0.25) is 12.3 Å². The van der Waals surface area contributed by atoms with Crippen molar-refractivity contribution in [2.24, 2.45) is 0 Å².